The second-order valence-electron chi connectivity index (χ2n) is 6.89. The van der Waals surface area contributed by atoms with Gasteiger partial charge in [0.05, 0.1) is 17.3 Å². The predicted molar refractivity (Wildman–Crippen MR) is 121 cm³/mol. The van der Waals surface area contributed by atoms with Gasteiger partial charge in [0, 0.05) is 27.0 Å². The van der Waals surface area contributed by atoms with Crippen molar-refractivity contribution in [3.63, 3.8) is 0 Å². The van der Waals surface area contributed by atoms with E-state index in [9.17, 15) is 4.79 Å². The number of hydrogen-bond donors (Lipinski definition) is 0. The number of fused-ring (bicyclic) bond motifs is 1. The predicted octanol–water partition coefficient (Wildman–Crippen LogP) is 6.66. The summed E-state index contributed by atoms with van der Waals surface area (Å²) in [4.78, 5) is 20.0. The quantitative estimate of drug-likeness (QED) is 0.347. The Morgan fingerprint density at radius 2 is 1.50 bits per heavy atom. The fourth-order valence-electron chi connectivity index (χ4n) is 3.65. The van der Waals surface area contributed by atoms with E-state index in [1.807, 2.05) is 53.1 Å². The zero-order valence-corrected chi connectivity index (χ0v) is 17.8. The van der Waals surface area contributed by atoms with Crippen molar-refractivity contribution >= 4 is 46.4 Å². The van der Waals surface area contributed by atoms with E-state index in [0.717, 1.165) is 11.4 Å². The molecule has 0 saturated heterocycles. The van der Waals surface area contributed by atoms with Gasteiger partial charge in [-0.15, -0.1) is 0 Å². The molecule has 0 spiro atoms. The van der Waals surface area contributed by atoms with Gasteiger partial charge in [-0.05, 0) is 54.6 Å². The van der Waals surface area contributed by atoms with Gasteiger partial charge < -0.3 is 4.90 Å². The number of anilines is 1. The second kappa shape index (κ2) is 7.47. The summed E-state index contributed by atoms with van der Waals surface area (Å²) in [7, 11) is 0. The minimum Gasteiger partial charge on any atom is -0.301 e. The molecule has 148 valence electrons. The smallest absolute Gasteiger partial charge is 0.277 e. The number of benzene rings is 3. The fraction of sp³-hybridized carbons (Fsp3) is 0.0435. The summed E-state index contributed by atoms with van der Waals surface area (Å²) in [6.45, 7) is 0.386. The topological polar surface area (TPSA) is 38.1 Å². The third-order valence-electron chi connectivity index (χ3n) is 5.03. The van der Waals surface area contributed by atoms with Crippen molar-refractivity contribution in [1.82, 2.24) is 9.55 Å². The number of aromatic nitrogens is 2. The molecule has 1 aliphatic heterocycles. The molecule has 0 radical (unpaired) electrons. The highest BCUT2D eigenvalue weighted by Gasteiger charge is 2.36. The highest BCUT2D eigenvalue weighted by Crippen LogP contribution is 2.37. The number of rotatable bonds is 3. The molecule has 3 aromatic carbocycles. The van der Waals surface area contributed by atoms with Gasteiger partial charge in [-0.3, -0.25) is 9.36 Å². The summed E-state index contributed by atoms with van der Waals surface area (Å²) in [6, 6.07) is 22.1. The van der Waals surface area contributed by atoms with Gasteiger partial charge >= 0.3 is 0 Å². The molecule has 1 aliphatic rings. The number of imidazole rings is 1. The van der Waals surface area contributed by atoms with Crippen LogP contribution in [0.15, 0.2) is 72.8 Å². The molecule has 7 heteroatoms. The summed E-state index contributed by atoms with van der Waals surface area (Å²) in [5.41, 5.74) is 3.51. The van der Waals surface area contributed by atoms with E-state index in [4.69, 9.17) is 39.8 Å². The van der Waals surface area contributed by atoms with Gasteiger partial charge in [0.2, 0.25) is 0 Å². The van der Waals surface area contributed by atoms with Crippen molar-refractivity contribution < 1.29 is 4.79 Å². The van der Waals surface area contributed by atoms with Crippen LogP contribution in [0.25, 0.3) is 17.1 Å². The van der Waals surface area contributed by atoms with Gasteiger partial charge in [-0.25, -0.2) is 4.98 Å². The number of amides is 1. The van der Waals surface area contributed by atoms with Gasteiger partial charge in [0.1, 0.15) is 11.5 Å². The zero-order valence-electron chi connectivity index (χ0n) is 15.5. The Kier molecular flexibility index (Phi) is 4.78. The minimum absolute atomic E-state index is 0.116. The molecule has 0 atom stereocenters. The van der Waals surface area contributed by atoms with Gasteiger partial charge in [-0.1, -0.05) is 53.0 Å². The lowest BCUT2D eigenvalue weighted by Crippen LogP contribution is -2.25. The van der Waals surface area contributed by atoms with Crippen LogP contribution in [0.1, 0.15) is 16.2 Å². The lowest BCUT2D eigenvalue weighted by atomic mass is 10.2. The molecule has 1 aromatic heterocycles. The molecular formula is C23H14Cl3N3O. The molecule has 1 amide bonds. The average molecular weight is 455 g/mol. The molecule has 4 aromatic rings. The maximum atomic E-state index is 13.4. The SMILES string of the molecule is O=C1c2c(nc(-c3ccc(Cl)cc3Cl)n2-c2ccc(Cl)cc2)CN1c1ccccc1. The molecule has 2 heterocycles. The van der Waals surface area contributed by atoms with Crippen molar-refractivity contribution in [3.05, 3.63) is 99.3 Å². The summed E-state index contributed by atoms with van der Waals surface area (Å²) < 4.78 is 1.84. The average Bonchev–Trinajstić information content (AvgIpc) is 3.26. The Bertz CT molecular complexity index is 1270. The molecule has 0 saturated carbocycles. The van der Waals surface area contributed by atoms with Crippen LogP contribution in [-0.4, -0.2) is 15.5 Å². The Morgan fingerprint density at radius 1 is 0.800 bits per heavy atom. The van der Waals surface area contributed by atoms with E-state index in [1.54, 1.807) is 29.2 Å². The van der Waals surface area contributed by atoms with E-state index in [2.05, 4.69) is 0 Å². The number of halogens is 3. The summed E-state index contributed by atoms with van der Waals surface area (Å²) in [5, 5.41) is 1.61. The van der Waals surface area contributed by atoms with Crippen LogP contribution in [0, 0.1) is 0 Å². The van der Waals surface area contributed by atoms with Crippen molar-refractivity contribution in [3.8, 4) is 17.1 Å². The molecule has 0 N–H and O–H groups in total. The fourth-order valence-corrected chi connectivity index (χ4v) is 4.27. The molecule has 0 bridgehead atoms. The number of para-hydroxylation sites is 1. The molecule has 0 unspecified atom stereocenters. The maximum Gasteiger partial charge on any atom is 0.277 e. The number of carbonyl (C=O) groups is 1. The lowest BCUT2D eigenvalue weighted by Gasteiger charge is -2.18. The molecule has 30 heavy (non-hydrogen) atoms. The Labute approximate surface area is 188 Å². The first kappa shape index (κ1) is 19.2. The van der Waals surface area contributed by atoms with E-state index >= 15 is 0 Å². The van der Waals surface area contributed by atoms with E-state index in [0.29, 0.717) is 44.4 Å². The molecule has 4 nitrogen and oxygen atoms in total. The van der Waals surface area contributed by atoms with E-state index in [1.165, 1.54) is 0 Å². The Hall–Kier alpha value is -2.79. The first-order chi connectivity index (χ1) is 14.5. The van der Waals surface area contributed by atoms with Crippen LogP contribution in [0.5, 0.6) is 0 Å². The normalized spacial score (nSPS) is 13.0. The third-order valence-corrected chi connectivity index (χ3v) is 5.83. The largest absolute Gasteiger partial charge is 0.301 e. The van der Waals surface area contributed by atoms with Crippen LogP contribution < -0.4 is 4.90 Å². The van der Waals surface area contributed by atoms with Crippen molar-refractivity contribution in [2.45, 2.75) is 6.54 Å². The molecular weight excluding hydrogens is 441 g/mol. The molecule has 5 rings (SSSR count). The number of hydrogen-bond acceptors (Lipinski definition) is 2. The molecule has 0 fully saturated rings. The van der Waals surface area contributed by atoms with Crippen molar-refractivity contribution in [2.24, 2.45) is 0 Å². The molecule has 0 aliphatic carbocycles. The Morgan fingerprint density at radius 3 is 2.20 bits per heavy atom. The van der Waals surface area contributed by atoms with Crippen LogP contribution in [0.3, 0.4) is 0 Å². The minimum atomic E-state index is -0.116. The standard InChI is InChI=1S/C23H14Cl3N3O/c24-14-6-9-17(10-7-14)29-21-20(13-28(23(21)30)16-4-2-1-3-5-16)27-22(29)18-11-8-15(25)12-19(18)26/h1-12H,13H2. The lowest BCUT2D eigenvalue weighted by molar-refractivity contribution is 0.0990. The van der Waals surface area contributed by atoms with E-state index in [-0.39, 0.29) is 5.91 Å². The highest BCUT2D eigenvalue weighted by atomic mass is 35.5. The number of nitrogens with zero attached hydrogens (tertiary/aromatic N) is 3. The summed E-state index contributed by atoms with van der Waals surface area (Å²) >= 11 is 18.6. The van der Waals surface area contributed by atoms with Gasteiger partial charge in [0.15, 0.2) is 0 Å². The van der Waals surface area contributed by atoms with Gasteiger partial charge in [-0.2, -0.15) is 0 Å². The van der Waals surface area contributed by atoms with Crippen LogP contribution in [0.2, 0.25) is 15.1 Å². The first-order valence-electron chi connectivity index (χ1n) is 9.23. The monoisotopic (exact) mass is 453 g/mol. The summed E-state index contributed by atoms with van der Waals surface area (Å²) in [6.07, 6.45) is 0. The third kappa shape index (κ3) is 3.18. The highest BCUT2D eigenvalue weighted by molar-refractivity contribution is 6.36. The van der Waals surface area contributed by atoms with Crippen molar-refractivity contribution in [1.29, 1.82) is 0 Å². The van der Waals surface area contributed by atoms with Gasteiger partial charge in [0.25, 0.3) is 5.91 Å². The Balaban J connectivity index is 1.71. The first-order valence-corrected chi connectivity index (χ1v) is 10.4. The zero-order chi connectivity index (χ0) is 20.8. The summed E-state index contributed by atoms with van der Waals surface area (Å²) in [5.74, 6) is 0.472. The second-order valence-corrected chi connectivity index (χ2v) is 8.17. The maximum absolute atomic E-state index is 13.4. The number of carbonyl (C=O) groups excluding carboxylic acids is 1. The van der Waals surface area contributed by atoms with Crippen LogP contribution in [-0.2, 0) is 6.54 Å². The van der Waals surface area contributed by atoms with Crippen molar-refractivity contribution in [2.75, 3.05) is 4.90 Å². The van der Waals surface area contributed by atoms with Crippen LogP contribution in [0.4, 0.5) is 5.69 Å². The van der Waals surface area contributed by atoms with Crippen LogP contribution >= 0.6 is 34.8 Å². The van der Waals surface area contributed by atoms with E-state index < -0.39 is 0 Å².